The van der Waals surface area contributed by atoms with Crippen LogP contribution in [-0.4, -0.2) is 24.5 Å². The molecule has 8 heteroatoms. The molecule has 2 heterocycles. The minimum absolute atomic E-state index is 0.158. The van der Waals surface area contributed by atoms with Crippen LogP contribution in [0.3, 0.4) is 0 Å². The van der Waals surface area contributed by atoms with Crippen molar-refractivity contribution in [2.75, 3.05) is 6.61 Å². The number of hydrogen-bond acceptors (Lipinski definition) is 6. The highest BCUT2D eigenvalue weighted by Crippen LogP contribution is 2.32. The van der Waals surface area contributed by atoms with Gasteiger partial charge in [-0.2, -0.15) is 0 Å². The molecular formula is C18H20N2O5S. The van der Waals surface area contributed by atoms with Gasteiger partial charge in [-0.25, -0.2) is 9.59 Å². The average molecular weight is 376 g/mol. The molecule has 1 aliphatic carbocycles. The largest absolute Gasteiger partial charge is 0.467 e. The maximum absolute atomic E-state index is 12.1. The zero-order valence-electron chi connectivity index (χ0n) is 14.4. The molecule has 138 valence electrons. The Morgan fingerprint density at radius 3 is 3.00 bits per heavy atom. The molecule has 26 heavy (non-hydrogen) atoms. The van der Waals surface area contributed by atoms with Gasteiger partial charge in [-0.05, 0) is 48.9 Å². The summed E-state index contributed by atoms with van der Waals surface area (Å²) in [5, 5.41) is 4.57. The maximum Gasteiger partial charge on any atom is 0.348 e. The van der Waals surface area contributed by atoms with Gasteiger partial charge in [0.1, 0.15) is 10.6 Å². The van der Waals surface area contributed by atoms with E-state index < -0.39 is 24.5 Å². The van der Waals surface area contributed by atoms with Gasteiger partial charge in [-0.1, -0.05) is 6.92 Å². The molecule has 1 atom stereocenters. The van der Waals surface area contributed by atoms with E-state index >= 15 is 0 Å². The highest BCUT2D eigenvalue weighted by atomic mass is 32.1. The van der Waals surface area contributed by atoms with Crippen LogP contribution in [0.25, 0.3) is 0 Å². The number of esters is 1. The van der Waals surface area contributed by atoms with Gasteiger partial charge in [-0.15, -0.1) is 11.3 Å². The number of carbonyl (C=O) groups excluding carboxylic acids is 3. The quantitative estimate of drug-likeness (QED) is 0.782. The predicted octanol–water partition coefficient (Wildman–Crippen LogP) is 2.65. The molecule has 0 radical (unpaired) electrons. The molecule has 0 aliphatic heterocycles. The van der Waals surface area contributed by atoms with Crippen molar-refractivity contribution in [2.24, 2.45) is 5.92 Å². The van der Waals surface area contributed by atoms with E-state index in [2.05, 4.69) is 17.6 Å². The van der Waals surface area contributed by atoms with Crippen LogP contribution in [0.4, 0.5) is 4.79 Å². The molecule has 1 aliphatic rings. The number of urea groups is 1. The molecule has 3 amide bonds. The Morgan fingerprint density at radius 2 is 2.23 bits per heavy atom. The molecule has 0 bridgehead atoms. The smallest absolute Gasteiger partial charge is 0.348 e. The van der Waals surface area contributed by atoms with Crippen molar-refractivity contribution in [3.05, 3.63) is 45.5 Å². The Labute approximate surface area is 154 Å². The third-order valence-electron chi connectivity index (χ3n) is 4.12. The Balaban J connectivity index is 1.42. The summed E-state index contributed by atoms with van der Waals surface area (Å²) in [5.74, 6) is -0.0464. The van der Waals surface area contributed by atoms with Crippen LogP contribution in [0.5, 0.6) is 0 Å². The van der Waals surface area contributed by atoms with Crippen molar-refractivity contribution in [3.63, 3.8) is 0 Å². The van der Waals surface area contributed by atoms with E-state index in [4.69, 9.17) is 9.15 Å². The predicted molar refractivity (Wildman–Crippen MR) is 94.9 cm³/mol. The Kier molecular flexibility index (Phi) is 5.72. The first-order chi connectivity index (χ1) is 12.5. The topological polar surface area (TPSA) is 97.6 Å². The van der Waals surface area contributed by atoms with Crippen LogP contribution in [0.2, 0.25) is 0 Å². The number of aryl methyl sites for hydroxylation is 1. The van der Waals surface area contributed by atoms with Crippen LogP contribution < -0.4 is 10.6 Å². The number of furan rings is 1. The zero-order valence-corrected chi connectivity index (χ0v) is 15.2. The number of thiophene rings is 1. The lowest BCUT2D eigenvalue weighted by atomic mass is 9.90. The van der Waals surface area contributed by atoms with Gasteiger partial charge < -0.3 is 14.5 Å². The Bertz CT molecular complexity index is 797. The summed E-state index contributed by atoms with van der Waals surface area (Å²) in [6.07, 6.45) is 4.56. The highest BCUT2D eigenvalue weighted by Gasteiger charge is 2.22. The maximum atomic E-state index is 12.1. The van der Waals surface area contributed by atoms with Gasteiger partial charge in [0, 0.05) is 4.88 Å². The number of ether oxygens (including phenoxy) is 1. The van der Waals surface area contributed by atoms with Gasteiger partial charge in [0.15, 0.2) is 6.61 Å². The van der Waals surface area contributed by atoms with Crippen LogP contribution in [0, 0.1) is 5.92 Å². The molecular weight excluding hydrogens is 356 g/mol. The summed E-state index contributed by atoms with van der Waals surface area (Å²) in [6, 6.07) is 4.57. The summed E-state index contributed by atoms with van der Waals surface area (Å²) in [5.41, 5.74) is 1.20. The number of amides is 3. The van der Waals surface area contributed by atoms with E-state index in [0.717, 1.165) is 19.3 Å². The van der Waals surface area contributed by atoms with Crippen LogP contribution in [-0.2, 0) is 28.9 Å². The first-order valence-corrected chi connectivity index (χ1v) is 9.21. The molecule has 1 unspecified atom stereocenters. The minimum atomic E-state index is -0.690. The van der Waals surface area contributed by atoms with Crippen molar-refractivity contribution in [2.45, 2.75) is 32.7 Å². The van der Waals surface area contributed by atoms with E-state index in [1.54, 1.807) is 12.1 Å². The SMILES string of the molecule is CC1CCc2sc(C(=O)OCC(=O)NC(=O)NCc3ccco3)cc2C1. The van der Waals surface area contributed by atoms with Crippen molar-refractivity contribution in [1.29, 1.82) is 0 Å². The molecule has 2 aromatic heterocycles. The zero-order chi connectivity index (χ0) is 18.5. The van der Waals surface area contributed by atoms with E-state index in [-0.39, 0.29) is 6.54 Å². The van der Waals surface area contributed by atoms with Gasteiger partial charge in [0.25, 0.3) is 5.91 Å². The van der Waals surface area contributed by atoms with Crippen LogP contribution in [0.1, 0.15) is 39.2 Å². The molecule has 0 spiro atoms. The molecule has 7 nitrogen and oxygen atoms in total. The first kappa shape index (κ1) is 18.2. The molecule has 2 aromatic rings. The molecule has 0 aromatic carbocycles. The standard InChI is InChI=1S/C18H20N2O5S/c1-11-4-5-14-12(7-11)8-15(26-14)17(22)25-10-16(21)20-18(23)19-9-13-3-2-6-24-13/h2-3,6,8,11H,4-5,7,9-10H2,1H3,(H2,19,20,21,23). The van der Waals surface area contributed by atoms with Gasteiger partial charge in [0.05, 0.1) is 12.8 Å². The number of fused-ring (bicyclic) bond motifs is 1. The lowest BCUT2D eigenvalue weighted by molar-refractivity contribution is -0.123. The summed E-state index contributed by atoms with van der Waals surface area (Å²) in [6.45, 7) is 1.84. The summed E-state index contributed by atoms with van der Waals surface area (Å²) >= 11 is 1.42. The Morgan fingerprint density at radius 1 is 1.38 bits per heavy atom. The number of carbonyl (C=O) groups is 3. The van der Waals surface area contributed by atoms with Gasteiger partial charge in [0.2, 0.25) is 0 Å². The summed E-state index contributed by atoms with van der Waals surface area (Å²) < 4.78 is 10.1. The number of imide groups is 1. The fourth-order valence-corrected chi connectivity index (χ4v) is 3.90. The molecule has 2 N–H and O–H groups in total. The van der Waals surface area contributed by atoms with E-state index in [9.17, 15) is 14.4 Å². The van der Waals surface area contributed by atoms with E-state index in [1.807, 2.05) is 6.07 Å². The number of nitrogens with one attached hydrogen (secondary N) is 2. The van der Waals surface area contributed by atoms with Crippen molar-refractivity contribution < 1.29 is 23.5 Å². The summed E-state index contributed by atoms with van der Waals surface area (Å²) in [7, 11) is 0. The lowest BCUT2D eigenvalue weighted by Gasteiger charge is -2.16. The second kappa shape index (κ2) is 8.18. The fraction of sp³-hybridized carbons (Fsp3) is 0.389. The van der Waals surface area contributed by atoms with E-state index in [1.165, 1.54) is 28.0 Å². The molecule has 0 fully saturated rings. The summed E-state index contributed by atoms with van der Waals surface area (Å²) in [4.78, 5) is 37.2. The monoisotopic (exact) mass is 376 g/mol. The molecule has 0 saturated heterocycles. The van der Waals surface area contributed by atoms with Crippen molar-refractivity contribution in [1.82, 2.24) is 10.6 Å². The third-order valence-corrected chi connectivity index (χ3v) is 5.34. The normalized spacial score (nSPS) is 15.8. The number of hydrogen-bond donors (Lipinski definition) is 2. The second-order valence-electron chi connectivity index (χ2n) is 6.29. The minimum Gasteiger partial charge on any atom is -0.467 e. The average Bonchev–Trinajstić information content (AvgIpc) is 3.26. The van der Waals surface area contributed by atoms with Crippen molar-refractivity contribution >= 4 is 29.2 Å². The Hall–Kier alpha value is -2.61. The fourth-order valence-electron chi connectivity index (χ4n) is 2.80. The first-order valence-electron chi connectivity index (χ1n) is 8.40. The second-order valence-corrected chi connectivity index (χ2v) is 7.43. The van der Waals surface area contributed by atoms with Crippen molar-refractivity contribution in [3.8, 4) is 0 Å². The molecule has 3 rings (SSSR count). The van der Waals surface area contributed by atoms with E-state index in [0.29, 0.717) is 16.6 Å². The van der Waals surface area contributed by atoms with Gasteiger partial charge >= 0.3 is 12.0 Å². The van der Waals surface area contributed by atoms with Gasteiger partial charge in [-0.3, -0.25) is 10.1 Å². The van der Waals surface area contributed by atoms with Crippen LogP contribution >= 0.6 is 11.3 Å². The number of rotatable bonds is 5. The molecule has 0 saturated carbocycles. The lowest BCUT2D eigenvalue weighted by Crippen LogP contribution is -2.41. The van der Waals surface area contributed by atoms with Crippen LogP contribution in [0.15, 0.2) is 28.9 Å². The highest BCUT2D eigenvalue weighted by molar-refractivity contribution is 7.14. The third kappa shape index (κ3) is 4.72.